The van der Waals surface area contributed by atoms with Crippen molar-refractivity contribution in [1.82, 2.24) is 0 Å². The Morgan fingerprint density at radius 3 is 2.50 bits per heavy atom. The van der Waals surface area contributed by atoms with Gasteiger partial charge >= 0.3 is 0 Å². The molecule has 0 fully saturated rings. The highest BCUT2D eigenvalue weighted by Gasteiger charge is 2.16. The van der Waals surface area contributed by atoms with Crippen LogP contribution in [0.15, 0.2) is 24.3 Å². The minimum absolute atomic E-state index is 0.0281. The number of hydrogen-bond donors (Lipinski definition) is 1. The van der Waals surface area contributed by atoms with Gasteiger partial charge in [-0.15, -0.1) is 0 Å². The molecule has 2 nitrogen and oxygen atoms in total. The average Bonchev–Trinajstić information content (AvgIpc) is 2.25. The Kier molecular flexibility index (Phi) is 4.69. The van der Waals surface area contributed by atoms with Crippen LogP contribution in [0.3, 0.4) is 0 Å². The molecular formula is C13H21NOS. The lowest BCUT2D eigenvalue weighted by atomic mass is 10.1. The second kappa shape index (κ2) is 5.60. The van der Waals surface area contributed by atoms with E-state index in [1.54, 1.807) is 7.11 Å². The summed E-state index contributed by atoms with van der Waals surface area (Å²) in [6, 6.07) is 7.98. The Bertz CT molecular complexity index is 333. The molecule has 3 heteroatoms. The maximum absolute atomic E-state index is 6.18. The van der Waals surface area contributed by atoms with E-state index in [0.29, 0.717) is 0 Å². The first kappa shape index (κ1) is 13.4. The fourth-order valence-corrected chi connectivity index (χ4v) is 2.26. The number of thioether (sulfide) groups is 1. The normalized spacial score (nSPS) is 13.6. The number of nitrogens with two attached hydrogens (primary N) is 1. The van der Waals surface area contributed by atoms with Crippen molar-refractivity contribution in [2.75, 3.05) is 12.9 Å². The van der Waals surface area contributed by atoms with Crippen molar-refractivity contribution < 1.29 is 4.74 Å². The molecule has 1 rings (SSSR count). The minimum Gasteiger partial charge on any atom is -0.496 e. The Labute approximate surface area is 103 Å². The van der Waals surface area contributed by atoms with Gasteiger partial charge in [0, 0.05) is 22.1 Å². The van der Waals surface area contributed by atoms with E-state index in [2.05, 4.69) is 20.8 Å². The number of para-hydroxylation sites is 1. The van der Waals surface area contributed by atoms with Gasteiger partial charge in [0.25, 0.3) is 0 Å². The van der Waals surface area contributed by atoms with Crippen LogP contribution >= 0.6 is 11.8 Å². The van der Waals surface area contributed by atoms with E-state index in [4.69, 9.17) is 10.5 Å². The summed E-state index contributed by atoms with van der Waals surface area (Å²) in [6.45, 7) is 6.60. The smallest absolute Gasteiger partial charge is 0.123 e. The van der Waals surface area contributed by atoms with E-state index in [-0.39, 0.29) is 10.8 Å². The second-order valence-electron chi connectivity index (χ2n) is 4.77. The monoisotopic (exact) mass is 239 g/mol. The van der Waals surface area contributed by atoms with Gasteiger partial charge in [-0.25, -0.2) is 0 Å². The molecule has 1 aromatic rings. The van der Waals surface area contributed by atoms with Crippen molar-refractivity contribution in [3.63, 3.8) is 0 Å². The van der Waals surface area contributed by atoms with Crippen LogP contribution in [0.25, 0.3) is 0 Å². The molecule has 0 aliphatic rings. The predicted molar refractivity (Wildman–Crippen MR) is 72.1 cm³/mol. The van der Waals surface area contributed by atoms with Crippen molar-refractivity contribution >= 4 is 11.8 Å². The van der Waals surface area contributed by atoms with E-state index in [1.807, 2.05) is 36.0 Å². The molecule has 0 saturated heterocycles. The molecule has 0 aliphatic heterocycles. The zero-order valence-corrected chi connectivity index (χ0v) is 11.3. The Balaban J connectivity index is 2.69. The molecular weight excluding hydrogens is 218 g/mol. The third-order valence-electron chi connectivity index (χ3n) is 2.23. The third kappa shape index (κ3) is 4.06. The van der Waals surface area contributed by atoms with Crippen molar-refractivity contribution in [2.24, 2.45) is 5.73 Å². The zero-order valence-electron chi connectivity index (χ0n) is 10.5. The molecule has 1 unspecified atom stereocenters. The average molecular weight is 239 g/mol. The minimum atomic E-state index is 0.0281. The van der Waals surface area contributed by atoms with Crippen molar-refractivity contribution in [3.05, 3.63) is 29.8 Å². The van der Waals surface area contributed by atoms with Crippen molar-refractivity contribution in [3.8, 4) is 5.75 Å². The van der Waals surface area contributed by atoms with E-state index in [9.17, 15) is 0 Å². The van der Waals surface area contributed by atoms with Crippen LogP contribution in [0, 0.1) is 0 Å². The summed E-state index contributed by atoms with van der Waals surface area (Å²) >= 11 is 1.88. The van der Waals surface area contributed by atoms with Crippen molar-refractivity contribution in [1.29, 1.82) is 0 Å². The largest absolute Gasteiger partial charge is 0.496 e. The predicted octanol–water partition coefficient (Wildman–Crippen LogP) is 3.23. The summed E-state index contributed by atoms with van der Waals surface area (Å²) in [6.07, 6.45) is 0. The summed E-state index contributed by atoms with van der Waals surface area (Å²) in [5, 5.41) is 0. The molecule has 0 radical (unpaired) electrons. The summed E-state index contributed by atoms with van der Waals surface area (Å²) in [5.41, 5.74) is 7.26. The molecule has 0 amide bonds. The molecule has 0 heterocycles. The quantitative estimate of drug-likeness (QED) is 0.876. The number of rotatable bonds is 4. The fraction of sp³-hybridized carbons (Fsp3) is 0.538. The van der Waals surface area contributed by atoms with Gasteiger partial charge in [0.2, 0.25) is 0 Å². The van der Waals surface area contributed by atoms with Crippen LogP contribution in [0.2, 0.25) is 0 Å². The fourth-order valence-electron chi connectivity index (χ4n) is 1.40. The third-order valence-corrected chi connectivity index (χ3v) is 3.63. The molecule has 0 aliphatic carbocycles. The highest BCUT2D eigenvalue weighted by Crippen LogP contribution is 2.30. The van der Waals surface area contributed by atoms with Crippen LogP contribution in [0.5, 0.6) is 5.75 Å². The van der Waals surface area contributed by atoms with Crippen LogP contribution < -0.4 is 10.5 Å². The SMILES string of the molecule is COc1ccccc1C(N)CSC(C)(C)C. The van der Waals surface area contributed by atoms with E-state index < -0.39 is 0 Å². The maximum atomic E-state index is 6.18. The van der Waals surface area contributed by atoms with E-state index in [0.717, 1.165) is 17.1 Å². The first-order valence-corrected chi connectivity index (χ1v) is 6.45. The summed E-state index contributed by atoms with van der Waals surface area (Å²) in [5.74, 6) is 1.79. The lowest BCUT2D eigenvalue weighted by Crippen LogP contribution is -2.18. The van der Waals surface area contributed by atoms with Gasteiger partial charge in [-0.2, -0.15) is 11.8 Å². The van der Waals surface area contributed by atoms with Crippen LogP contribution in [0.4, 0.5) is 0 Å². The molecule has 16 heavy (non-hydrogen) atoms. The molecule has 2 N–H and O–H groups in total. The maximum Gasteiger partial charge on any atom is 0.123 e. The highest BCUT2D eigenvalue weighted by atomic mass is 32.2. The topological polar surface area (TPSA) is 35.2 Å². The van der Waals surface area contributed by atoms with Crippen LogP contribution in [-0.4, -0.2) is 17.6 Å². The summed E-state index contributed by atoms with van der Waals surface area (Å²) in [7, 11) is 1.68. The number of methoxy groups -OCH3 is 1. The summed E-state index contributed by atoms with van der Waals surface area (Å²) in [4.78, 5) is 0. The number of ether oxygens (including phenoxy) is 1. The lowest BCUT2D eigenvalue weighted by molar-refractivity contribution is 0.407. The van der Waals surface area contributed by atoms with Gasteiger partial charge in [0.05, 0.1) is 7.11 Å². The van der Waals surface area contributed by atoms with Gasteiger partial charge in [-0.3, -0.25) is 0 Å². The van der Waals surface area contributed by atoms with Gasteiger partial charge in [0.15, 0.2) is 0 Å². The molecule has 0 saturated carbocycles. The van der Waals surface area contributed by atoms with Gasteiger partial charge in [0.1, 0.15) is 5.75 Å². The number of hydrogen-bond acceptors (Lipinski definition) is 3. The van der Waals surface area contributed by atoms with E-state index in [1.165, 1.54) is 0 Å². The Morgan fingerprint density at radius 2 is 1.94 bits per heavy atom. The summed E-state index contributed by atoms with van der Waals surface area (Å²) < 4.78 is 5.56. The lowest BCUT2D eigenvalue weighted by Gasteiger charge is -2.21. The standard InChI is InChI=1S/C13H21NOS/c1-13(2,3)16-9-11(14)10-7-5-6-8-12(10)15-4/h5-8,11H,9,14H2,1-4H3. The number of benzene rings is 1. The van der Waals surface area contributed by atoms with Gasteiger partial charge < -0.3 is 10.5 Å². The van der Waals surface area contributed by atoms with Gasteiger partial charge in [-0.1, -0.05) is 39.0 Å². The van der Waals surface area contributed by atoms with Gasteiger partial charge in [-0.05, 0) is 6.07 Å². The molecule has 0 bridgehead atoms. The van der Waals surface area contributed by atoms with E-state index >= 15 is 0 Å². The first-order chi connectivity index (χ1) is 7.44. The highest BCUT2D eigenvalue weighted by molar-refractivity contribution is 8.00. The van der Waals surface area contributed by atoms with Crippen molar-refractivity contribution in [2.45, 2.75) is 31.6 Å². The Morgan fingerprint density at radius 1 is 1.31 bits per heavy atom. The molecule has 1 atom stereocenters. The molecule has 0 aromatic heterocycles. The molecule has 90 valence electrons. The first-order valence-electron chi connectivity index (χ1n) is 5.46. The molecule has 1 aromatic carbocycles. The second-order valence-corrected chi connectivity index (χ2v) is 6.62. The van der Waals surface area contributed by atoms with Crippen LogP contribution in [-0.2, 0) is 0 Å². The molecule has 0 spiro atoms. The Hall–Kier alpha value is -0.670. The van der Waals surface area contributed by atoms with Crippen LogP contribution in [0.1, 0.15) is 32.4 Å². The zero-order chi connectivity index (χ0) is 12.2.